The number of imidazole rings is 4. The van der Waals surface area contributed by atoms with Crippen molar-refractivity contribution in [3.05, 3.63) is 146 Å². The van der Waals surface area contributed by atoms with Crippen molar-refractivity contribution in [1.82, 2.24) is 28.2 Å². The van der Waals surface area contributed by atoms with Crippen molar-refractivity contribution in [2.24, 2.45) is 0 Å². The summed E-state index contributed by atoms with van der Waals surface area (Å²) in [5.74, 6) is 1.81. The Morgan fingerprint density at radius 3 is 1.14 bits per heavy atom. The largest absolute Gasteiger partial charge is 2.00 e. The first-order valence-corrected chi connectivity index (χ1v) is 27.4. The SMILES string of the molecule is CCCCn1[c-][n+](Cc2cccc(-n3[c-][n+](CCCC)c4ccccc43)n2)cc1.CCCCn1[c-][n+](Cc2cccc(-n3[c-][n+](CCCC)c4ccccc43)n2)cc1.F[P-](F)(F)(F)(F)F.F[P-](F)(F)(F)(F)F.[Ru+2]. The van der Waals surface area contributed by atoms with E-state index in [1.807, 2.05) is 0 Å². The van der Waals surface area contributed by atoms with E-state index in [4.69, 9.17) is 9.97 Å². The summed E-state index contributed by atoms with van der Waals surface area (Å²) in [4.78, 5) is 9.84. The quantitative estimate of drug-likeness (QED) is 0.0283. The molecule has 0 spiro atoms. The molecule has 0 aliphatic rings. The summed E-state index contributed by atoms with van der Waals surface area (Å²) in [6.07, 6.45) is 31.5. The van der Waals surface area contributed by atoms with Crippen LogP contribution in [-0.4, -0.2) is 28.2 Å². The molecule has 8 rings (SSSR count). The number of rotatable bonds is 18. The van der Waals surface area contributed by atoms with Gasteiger partial charge in [-0.3, -0.25) is 9.97 Å². The summed E-state index contributed by atoms with van der Waals surface area (Å²) in [7, 11) is -21.3. The number of aromatic nitrogens is 10. The molecule has 6 aromatic heterocycles. The average molecular weight is 1170 g/mol. The fourth-order valence-corrected chi connectivity index (χ4v) is 7.12. The van der Waals surface area contributed by atoms with Crippen LogP contribution in [0.1, 0.15) is 90.4 Å². The zero-order chi connectivity index (χ0) is 52.9. The van der Waals surface area contributed by atoms with E-state index in [0.717, 1.165) is 73.1 Å². The minimum atomic E-state index is -10.7. The molecule has 0 amide bonds. The van der Waals surface area contributed by atoms with Crippen LogP contribution in [0, 0.1) is 25.3 Å². The molecule has 0 aliphatic carbocycles. The molecular weight excluding hydrogens is 1110 g/mol. The molecule has 0 bridgehead atoms. The van der Waals surface area contributed by atoms with Crippen LogP contribution in [0.5, 0.6) is 0 Å². The normalized spacial score (nSPS) is 13.5. The molecule has 0 saturated carbocycles. The van der Waals surface area contributed by atoms with Gasteiger partial charge in [0.2, 0.25) is 25.3 Å². The third-order valence-electron chi connectivity index (χ3n) is 10.3. The summed E-state index contributed by atoms with van der Waals surface area (Å²) in [6, 6.07) is 29.3. The Hall–Kier alpha value is -5.26. The van der Waals surface area contributed by atoms with Gasteiger partial charge in [-0.2, -0.15) is 0 Å². The Labute approximate surface area is 428 Å². The molecule has 8 aromatic rings. The van der Waals surface area contributed by atoms with Crippen molar-refractivity contribution in [3.63, 3.8) is 0 Å². The zero-order valence-electron chi connectivity index (χ0n) is 40.5. The number of hydrogen-bond acceptors (Lipinski definition) is 2. The second-order valence-electron chi connectivity index (χ2n) is 16.9. The third kappa shape index (κ3) is 22.8. The van der Waals surface area contributed by atoms with E-state index in [1.54, 1.807) is 0 Å². The number of benzene rings is 2. The van der Waals surface area contributed by atoms with Crippen LogP contribution in [0.25, 0.3) is 33.7 Å². The van der Waals surface area contributed by atoms with Crippen LogP contribution in [0.2, 0.25) is 0 Å². The van der Waals surface area contributed by atoms with Crippen molar-refractivity contribution >= 4 is 37.7 Å². The molecule has 2 aromatic carbocycles. The van der Waals surface area contributed by atoms with Crippen LogP contribution >= 0.6 is 15.6 Å². The van der Waals surface area contributed by atoms with Gasteiger partial charge >= 0.3 is 85.5 Å². The minimum Gasteiger partial charge on any atom is 2.00 e. The Morgan fingerprint density at radius 2 is 0.795 bits per heavy atom. The second kappa shape index (κ2) is 23.5. The number of aryl methyl sites for hydroxylation is 4. The number of pyridine rings is 2. The predicted molar refractivity (Wildman–Crippen MR) is 252 cm³/mol. The maximum Gasteiger partial charge on any atom is 2.00 e. The number of hydrogen-bond donors (Lipinski definition) is 0. The molecule has 0 unspecified atom stereocenters. The standard InChI is InChI=1S/2C24H29N5.2F6P.Ru/c2*1-3-5-14-26-16-17-27(19-26)18-21-10-9-13-24(25-21)29-20-28(15-6-4-2)22-11-7-8-12-23(22)29;2*1-7(2,3,4,5)6;/h2*7-13,16-17H,3-6,14-15,18H2,1-2H3;;;/q;;2*-1;+2. The Balaban J connectivity index is 0.000000249. The average Bonchev–Trinajstić information content (AvgIpc) is 4.10. The molecule has 25 heteroatoms. The summed E-state index contributed by atoms with van der Waals surface area (Å²) >= 11 is 0. The number of para-hydroxylation sites is 4. The molecule has 10 nitrogen and oxygen atoms in total. The Morgan fingerprint density at radius 1 is 0.452 bits per heavy atom. The van der Waals surface area contributed by atoms with E-state index in [-0.39, 0.29) is 19.5 Å². The van der Waals surface area contributed by atoms with Crippen molar-refractivity contribution in [2.45, 2.75) is 118 Å². The molecule has 0 radical (unpaired) electrons. The smallest absolute Gasteiger partial charge is 2.00 e. The van der Waals surface area contributed by atoms with Gasteiger partial charge in [0.15, 0.2) is 0 Å². The monoisotopic (exact) mass is 1170 g/mol. The fourth-order valence-electron chi connectivity index (χ4n) is 7.12. The first-order chi connectivity index (χ1) is 33.5. The Bertz CT molecular complexity index is 2790. The van der Waals surface area contributed by atoms with Gasteiger partial charge in [0.1, 0.15) is 24.7 Å². The maximum atomic E-state index is 9.87. The molecule has 402 valence electrons. The molecular formula is C48H58F12N10P2Ru. The van der Waals surface area contributed by atoms with Gasteiger partial charge in [0, 0.05) is 0 Å². The maximum absolute atomic E-state index is 10.7. The van der Waals surface area contributed by atoms with Crippen LogP contribution < -0.4 is 18.3 Å². The van der Waals surface area contributed by atoms with Gasteiger partial charge in [0.05, 0.1) is 59.6 Å². The topological polar surface area (TPSA) is 61.0 Å². The van der Waals surface area contributed by atoms with Crippen LogP contribution in [-0.2, 0) is 58.7 Å². The van der Waals surface area contributed by atoms with Gasteiger partial charge in [-0.1, -0.05) is 114 Å². The van der Waals surface area contributed by atoms with E-state index >= 15 is 0 Å². The number of fused-ring (bicyclic) bond motifs is 2. The van der Waals surface area contributed by atoms with E-state index in [1.165, 1.54) is 49.6 Å². The summed E-state index contributed by atoms with van der Waals surface area (Å²) in [5, 5.41) is 0. The molecule has 6 heterocycles. The van der Waals surface area contributed by atoms with Gasteiger partial charge in [-0.25, -0.2) is 0 Å². The number of halogens is 12. The predicted octanol–water partition coefficient (Wildman–Crippen LogP) is 14.1. The van der Waals surface area contributed by atoms with Crippen LogP contribution in [0.15, 0.2) is 110 Å². The van der Waals surface area contributed by atoms with E-state index < -0.39 is 15.6 Å². The number of unbranched alkanes of at least 4 members (excludes halogenated alkanes) is 4. The van der Waals surface area contributed by atoms with Crippen LogP contribution in [0.4, 0.5) is 50.4 Å². The van der Waals surface area contributed by atoms with Crippen molar-refractivity contribution in [3.8, 4) is 11.6 Å². The van der Waals surface area contributed by atoms with Gasteiger partial charge in [-0.05, 0) is 74.7 Å². The van der Waals surface area contributed by atoms with Gasteiger partial charge < -0.3 is 36.5 Å². The minimum absolute atomic E-state index is 0. The van der Waals surface area contributed by atoms with Crippen molar-refractivity contribution in [2.75, 3.05) is 0 Å². The van der Waals surface area contributed by atoms with E-state index in [0.29, 0.717) is 13.1 Å². The van der Waals surface area contributed by atoms with Crippen molar-refractivity contribution in [1.29, 1.82) is 0 Å². The number of nitrogens with zero attached hydrogens (tertiary/aromatic N) is 10. The Kier molecular flexibility index (Phi) is 19.4. The fraction of sp³-hybridized carbons (Fsp3) is 0.375. The zero-order valence-corrected chi connectivity index (χ0v) is 44.1. The first kappa shape index (κ1) is 60.3. The summed E-state index contributed by atoms with van der Waals surface area (Å²) < 4.78 is 135. The van der Waals surface area contributed by atoms with Crippen LogP contribution in [0.3, 0.4) is 0 Å². The van der Waals surface area contributed by atoms with Gasteiger partial charge in [0.25, 0.3) is 0 Å². The third-order valence-corrected chi connectivity index (χ3v) is 10.3. The molecule has 0 N–H and O–H groups in total. The van der Waals surface area contributed by atoms with Gasteiger partial charge in [-0.15, -0.1) is 0 Å². The summed E-state index contributed by atoms with van der Waals surface area (Å²) in [5.41, 5.74) is 6.70. The second-order valence-corrected chi connectivity index (χ2v) is 20.7. The molecule has 0 aliphatic heterocycles. The first-order valence-electron chi connectivity index (χ1n) is 23.3. The summed E-state index contributed by atoms with van der Waals surface area (Å²) in [6.45, 7) is 14.2. The van der Waals surface area contributed by atoms with E-state index in [9.17, 15) is 50.4 Å². The molecule has 0 atom stereocenters. The van der Waals surface area contributed by atoms with Crippen molar-refractivity contribution < 1.29 is 88.1 Å². The molecule has 73 heavy (non-hydrogen) atoms. The molecule has 0 saturated heterocycles. The van der Waals surface area contributed by atoms with E-state index in [2.05, 4.69) is 199 Å². The molecule has 0 fully saturated rings.